The predicted molar refractivity (Wildman–Crippen MR) is 126 cm³/mol. The van der Waals surface area contributed by atoms with Gasteiger partial charge >= 0.3 is 0 Å². The first-order valence-electron chi connectivity index (χ1n) is 10.6. The Morgan fingerprint density at radius 3 is 2.61 bits per heavy atom. The number of hydrogen-bond donors (Lipinski definition) is 1. The Labute approximate surface area is 198 Å². The molecule has 1 aliphatic rings. The van der Waals surface area contributed by atoms with Gasteiger partial charge in [-0.25, -0.2) is 0 Å². The van der Waals surface area contributed by atoms with E-state index in [-0.39, 0.29) is 11.9 Å². The van der Waals surface area contributed by atoms with E-state index >= 15 is 0 Å². The summed E-state index contributed by atoms with van der Waals surface area (Å²) in [5.74, 6) is 0.896. The average Bonchev–Trinajstić information content (AvgIpc) is 3.22. The van der Waals surface area contributed by atoms with E-state index in [4.69, 9.17) is 30.4 Å². The molecule has 1 aromatic heterocycles. The first-order chi connectivity index (χ1) is 15.8. The molecule has 0 bridgehead atoms. The number of unbranched alkanes of at least 4 members (excludes halogenated alkanes) is 1. The molecule has 0 aliphatic carbocycles. The molecule has 0 amide bonds. The van der Waals surface area contributed by atoms with Gasteiger partial charge in [-0.05, 0) is 55.7 Å². The van der Waals surface area contributed by atoms with Crippen LogP contribution in [-0.2, 0) is 14.9 Å². The predicted octanol–water partition coefficient (Wildman–Crippen LogP) is 5.37. The van der Waals surface area contributed by atoms with Crippen LogP contribution in [0.15, 0.2) is 54.7 Å². The highest BCUT2D eigenvalue weighted by atomic mass is 35.5. The van der Waals surface area contributed by atoms with Crippen molar-refractivity contribution in [1.82, 2.24) is 4.57 Å². The van der Waals surface area contributed by atoms with Gasteiger partial charge in [0.1, 0.15) is 6.10 Å². The molecule has 3 aromatic rings. The van der Waals surface area contributed by atoms with Crippen LogP contribution in [0.5, 0.6) is 11.5 Å². The molecule has 1 aliphatic heterocycles. The van der Waals surface area contributed by atoms with Gasteiger partial charge in [-0.2, -0.15) is 8.42 Å². The van der Waals surface area contributed by atoms with Crippen LogP contribution in [0.3, 0.4) is 0 Å². The third kappa shape index (κ3) is 5.04. The van der Waals surface area contributed by atoms with Crippen LogP contribution in [0.2, 0.25) is 5.02 Å². The molecular weight excluding hydrogens is 466 g/mol. The summed E-state index contributed by atoms with van der Waals surface area (Å²) in [6, 6.07) is 15.3. The fourth-order valence-corrected chi connectivity index (χ4v) is 5.08. The van der Waals surface area contributed by atoms with E-state index in [1.165, 1.54) is 0 Å². The van der Waals surface area contributed by atoms with E-state index in [1.54, 1.807) is 14.2 Å². The van der Waals surface area contributed by atoms with Crippen molar-refractivity contribution in [1.29, 1.82) is 0 Å². The molecule has 7 nitrogen and oxygen atoms in total. The van der Waals surface area contributed by atoms with Crippen LogP contribution >= 0.6 is 11.6 Å². The number of rotatable bonds is 8. The van der Waals surface area contributed by atoms with Crippen molar-refractivity contribution < 1.29 is 27.2 Å². The van der Waals surface area contributed by atoms with Crippen LogP contribution in [0.25, 0.3) is 5.69 Å². The molecule has 0 unspecified atom stereocenters. The van der Waals surface area contributed by atoms with E-state index in [0.29, 0.717) is 35.8 Å². The molecule has 0 saturated heterocycles. The molecule has 0 saturated carbocycles. The van der Waals surface area contributed by atoms with Gasteiger partial charge < -0.3 is 18.8 Å². The van der Waals surface area contributed by atoms with Crippen LogP contribution in [-0.4, -0.2) is 37.5 Å². The SMILES string of the molecule is COc1cccc([C@H]2O[C@H](CCCCS(=O)(=O)O)c3cccn3-c3ccc(Cl)cc32)c1OC. The number of methoxy groups -OCH3 is 2. The van der Waals surface area contributed by atoms with Crippen LogP contribution in [0.1, 0.15) is 48.3 Å². The van der Waals surface area contributed by atoms with Gasteiger partial charge in [0.2, 0.25) is 0 Å². The minimum atomic E-state index is -3.99. The number of hydrogen-bond acceptors (Lipinski definition) is 5. The van der Waals surface area contributed by atoms with Gasteiger partial charge in [-0.1, -0.05) is 23.7 Å². The first-order valence-corrected chi connectivity index (χ1v) is 12.6. The highest BCUT2D eigenvalue weighted by Gasteiger charge is 2.32. The normalized spacial score (nSPS) is 17.7. The summed E-state index contributed by atoms with van der Waals surface area (Å²) in [4.78, 5) is 0. The largest absolute Gasteiger partial charge is 0.493 e. The molecule has 33 heavy (non-hydrogen) atoms. The number of para-hydroxylation sites is 1. The van der Waals surface area contributed by atoms with E-state index in [9.17, 15) is 8.42 Å². The first kappa shape index (κ1) is 23.6. The Kier molecular flexibility index (Phi) is 6.99. The minimum Gasteiger partial charge on any atom is -0.493 e. The molecule has 2 aromatic carbocycles. The zero-order valence-corrected chi connectivity index (χ0v) is 20.0. The van der Waals surface area contributed by atoms with Crippen molar-refractivity contribution in [2.24, 2.45) is 0 Å². The molecule has 2 atom stereocenters. The maximum Gasteiger partial charge on any atom is 0.264 e. The maximum absolute atomic E-state index is 11.1. The van der Waals surface area contributed by atoms with Crippen LogP contribution in [0, 0.1) is 0 Å². The summed E-state index contributed by atoms with van der Waals surface area (Å²) < 4.78 is 51.3. The second-order valence-corrected chi connectivity index (χ2v) is 9.88. The van der Waals surface area contributed by atoms with Crippen molar-refractivity contribution in [3.05, 3.63) is 76.6 Å². The van der Waals surface area contributed by atoms with E-state index < -0.39 is 16.2 Å². The van der Waals surface area contributed by atoms with Gasteiger partial charge in [0.05, 0.1) is 37.5 Å². The highest BCUT2D eigenvalue weighted by molar-refractivity contribution is 7.85. The zero-order chi connectivity index (χ0) is 23.6. The highest BCUT2D eigenvalue weighted by Crippen LogP contribution is 2.46. The van der Waals surface area contributed by atoms with E-state index in [1.807, 2.05) is 54.7 Å². The standard InChI is InChI=1S/C24H26ClNO6S/c1-30-22-10-5-7-17(24(22)31-2)23-18-15-16(25)11-12-19(18)26-13-6-8-20(26)21(32-23)9-3-4-14-33(27,28)29/h5-8,10-13,15,21,23H,3-4,9,14H2,1-2H3,(H,27,28,29)/t21-,23-/m1/s1. The number of aromatic nitrogens is 1. The monoisotopic (exact) mass is 491 g/mol. The lowest BCUT2D eigenvalue weighted by Gasteiger charge is -2.25. The number of nitrogens with zero attached hydrogens (tertiary/aromatic N) is 1. The fourth-order valence-electron chi connectivity index (χ4n) is 4.33. The second kappa shape index (κ2) is 9.77. The Bertz CT molecular complexity index is 1240. The Morgan fingerprint density at radius 2 is 1.88 bits per heavy atom. The zero-order valence-electron chi connectivity index (χ0n) is 18.4. The van der Waals surface area contributed by atoms with Crippen LogP contribution in [0.4, 0.5) is 0 Å². The molecule has 9 heteroatoms. The number of fused-ring (bicyclic) bond motifs is 3. The van der Waals surface area contributed by atoms with Crippen LogP contribution < -0.4 is 9.47 Å². The molecule has 1 N–H and O–H groups in total. The Hall–Kier alpha value is -2.52. The lowest BCUT2D eigenvalue weighted by atomic mass is 9.98. The second-order valence-electron chi connectivity index (χ2n) is 7.88. The Balaban J connectivity index is 1.78. The van der Waals surface area contributed by atoms with Gasteiger partial charge in [0.25, 0.3) is 10.1 Å². The van der Waals surface area contributed by atoms with Gasteiger partial charge in [0.15, 0.2) is 11.5 Å². The third-order valence-corrected chi connectivity index (χ3v) is 6.82. The third-order valence-electron chi connectivity index (χ3n) is 5.78. The number of ether oxygens (including phenoxy) is 3. The summed E-state index contributed by atoms with van der Waals surface area (Å²) in [6.07, 6.45) is 2.62. The average molecular weight is 492 g/mol. The minimum absolute atomic E-state index is 0.274. The quantitative estimate of drug-likeness (QED) is 0.337. The number of benzene rings is 2. The van der Waals surface area contributed by atoms with Crippen molar-refractivity contribution in [2.45, 2.75) is 31.5 Å². The lowest BCUT2D eigenvalue weighted by Crippen LogP contribution is -2.12. The molecule has 0 radical (unpaired) electrons. The van der Waals surface area contributed by atoms with Crippen molar-refractivity contribution in [2.75, 3.05) is 20.0 Å². The molecule has 176 valence electrons. The van der Waals surface area contributed by atoms with Gasteiger partial charge in [-0.3, -0.25) is 4.55 Å². The van der Waals surface area contributed by atoms with E-state index in [0.717, 1.165) is 22.5 Å². The molecule has 2 heterocycles. The fraction of sp³-hybridized carbons (Fsp3) is 0.333. The van der Waals surface area contributed by atoms with Gasteiger partial charge in [-0.15, -0.1) is 0 Å². The number of halogens is 1. The van der Waals surface area contributed by atoms with E-state index in [2.05, 4.69) is 4.57 Å². The maximum atomic E-state index is 11.1. The smallest absolute Gasteiger partial charge is 0.264 e. The molecular formula is C24H26ClNO6S. The summed E-state index contributed by atoms with van der Waals surface area (Å²) in [5, 5.41) is 0.588. The lowest BCUT2D eigenvalue weighted by molar-refractivity contribution is -0.0000140. The summed E-state index contributed by atoms with van der Waals surface area (Å²) in [5.41, 5.74) is 3.57. The van der Waals surface area contributed by atoms with Crippen molar-refractivity contribution in [3.63, 3.8) is 0 Å². The Morgan fingerprint density at radius 1 is 1.06 bits per heavy atom. The molecule has 4 rings (SSSR count). The summed E-state index contributed by atoms with van der Waals surface area (Å²) in [6.45, 7) is 0. The van der Waals surface area contributed by atoms with Crippen molar-refractivity contribution in [3.8, 4) is 17.2 Å². The topological polar surface area (TPSA) is 87.0 Å². The van der Waals surface area contributed by atoms with Crippen molar-refractivity contribution >= 4 is 21.7 Å². The van der Waals surface area contributed by atoms with Gasteiger partial charge in [0, 0.05) is 22.3 Å². The molecule has 0 fully saturated rings. The summed E-state index contributed by atoms with van der Waals surface area (Å²) in [7, 11) is -0.816. The molecule has 0 spiro atoms. The summed E-state index contributed by atoms with van der Waals surface area (Å²) >= 11 is 6.40.